The molecule has 2 rings (SSSR count). The predicted molar refractivity (Wildman–Crippen MR) is 77.3 cm³/mol. The molecule has 1 aliphatic heterocycles. The fourth-order valence-corrected chi connectivity index (χ4v) is 2.22. The van der Waals surface area contributed by atoms with Gasteiger partial charge in [0.1, 0.15) is 0 Å². The van der Waals surface area contributed by atoms with E-state index in [0.717, 1.165) is 30.5 Å². The normalized spacial score (nSPS) is 17.8. The zero-order valence-electron chi connectivity index (χ0n) is 11.1. The Labute approximate surface area is 120 Å². The van der Waals surface area contributed by atoms with Crippen molar-refractivity contribution in [1.82, 2.24) is 10.6 Å². The van der Waals surface area contributed by atoms with Gasteiger partial charge in [0.25, 0.3) is 0 Å². The average Bonchev–Trinajstić information content (AvgIpc) is 2.91. The molecular weight excluding hydrogens is 264 g/mol. The zero-order chi connectivity index (χ0) is 12.8. The summed E-state index contributed by atoms with van der Waals surface area (Å²) in [6, 6.07) is 8.08. The molecule has 5 heteroatoms. The lowest BCUT2D eigenvalue weighted by Gasteiger charge is -2.11. The van der Waals surface area contributed by atoms with Crippen molar-refractivity contribution in [3.8, 4) is 0 Å². The van der Waals surface area contributed by atoms with E-state index in [1.807, 2.05) is 18.2 Å². The zero-order valence-corrected chi connectivity index (χ0v) is 12.0. The van der Waals surface area contributed by atoms with Gasteiger partial charge in [-0.25, -0.2) is 0 Å². The highest BCUT2D eigenvalue weighted by Crippen LogP contribution is 2.08. The van der Waals surface area contributed by atoms with Crippen LogP contribution in [0.5, 0.6) is 0 Å². The lowest BCUT2D eigenvalue weighted by molar-refractivity contribution is -0.122. The number of amides is 1. The minimum atomic E-state index is -0.00726. The van der Waals surface area contributed by atoms with Crippen LogP contribution < -0.4 is 10.6 Å². The quantitative estimate of drug-likeness (QED) is 0.864. The van der Waals surface area contributed by atoms with E-state index in [1.54, 1.807) is 7.11 Å². The maximum absolute atomic E-state index is 11.8. The lowest BCUT2D eigenvalue weighted by atomic mass is 10.1. The van der Waals surface area contributed by atoms with Gasteiger partial charge in [-0.2, -0.15) is 0 Å². The first kappa shape index (κ1) is 16.0. The molecule has 1 saturated heterocycles. The van der Waals surface area contributed by atoms with Gasteiger partial charge in [0, 0.05) is 13.7 Å². The first-order valence-electron chi connectivity index (χ1n) is 6.37. The van der Waals surface area contributed by atoms with Crippen LogP contribution in [0.2, 0.25) is 0 Å². The molecule has 1 aromatic rings. The van der Waals surface area contributed by atoms with Gasteiger partial charge in [-0.15, -0.1) is 12.4 Å². The third-order valence-electron chi connectivity index (χ3n) is 3.15. The molecule has 106 valence electrons. The summed E-state index contributed by atoms with van der Waals surface area (Å²) in [6.07, 6.45) is 2.02. The van der Waals surface area contributed by atoms with Crippen molar-refractivity contribution >= 4 is 18.3 Å². The van der Waals surface area contributed by atoms with Crippen LogP contribution in [0.1, 0.15) is 24.0 Å². The van der Waals surface area contributed by atoms with Crippen LogP contribution in [0.25, 0.3) is 0 Å². The van der Waals surface area contributed by atoms with Gasteiger partial charge in [-0.1, -0.05) is 24.3 Å². The minimum Gasteiger partial charge on any atom is -0.380 e. The molecule has 0 aromatic heterocycles. The first-order valence-corrected chi connectivity index (χ1v) is 6.37. The molecule has 4 nitrogen and oxygen atoms in total. The van der Waals surface area contributed by atoms with Gasteiger partial charge in [0.15, 0.2) is 0 Å². The summed E-state index contributed by atoms with van der Waals surface area (Å²) >= 11 is 0. The van der Waals surface area contributed by atoms with Crippen molar-refractivity contribution in [2.24, 2.45) is 0 Å². The largest absolute Gasteiger partial charge is 0.380 e. The number of rotatable bonds is 5. The summed E-state index contributed by atoms with van der Waals surface area (Å²) in [5.41, 5.74) is 2.24. The number of methoxy groups -OCH3 is 1. The van der Waals surface area contributed by atoms with E-state index in [9.17, 15) is 4.79 Å². The SMILES string of the molecule is COCc1cccc(CNC(=O)[C@@H]2CCCN2)c1.Cl. The summed E-state index contributed by atoms with van der Waals surface area (Å²) in [7, 11) is 1.68. The molecule has 0 aliphatic carbocycles. The van der Waals surface area contributed by atoms with Gasteiger partial charge in [-0.05, 0) is 30.5 Å². The molecule has 1 amide bonds. The van der Waals surface area contributed by atoms with Crippen molar-refractivity contribution in [1.29, 1.82) is 0 Å². The number of halogens is 1. The molecular formula is C14H21ClN2O2. The molecule has 0 unspecified atom stereocenters. The van der Waals surface area contributed by atoms with Crippen molar-refractivity contribution in [2.45, 2.75) is 32.0 Å². The fourth-order valence-electron chi connectivity index (χ4n) is 2.22. The molecule has 2 N–H and O–H groups in total. The molecule has 1 aliphatic rings. The Hall–Kier alpha value is -1.10. The maximum Gasteiger partial charge on any atom is 0.237 e. The van der Waals surface area contributed by atoms with E-state index < -0.39 is 0 Å². The molecule has 0 saturated carbocycles. The number of nitrogens with one attached hydrogen (secondary N) is 2. The molecule has 0 spiro atoms. The molecule has 0 bridgehead atoms. The Morgan fingerprint density at radius 3 is 2.95 bits per heavy atom. The average molecular weight is 285 g/mol. The van der Waals surface area contributed by atoms with Gasteiger partial charge < -0.3 is 15.4 Å². The minimum absolute atomic E-state index is 0. The van der Waals surface area contributed by atoms with Crippen LogP contribution in [0.3, 0.4) is 0 Å². The van der Waals surface area contributed by atoms with Crippen LogP contribution in [0, 0.1) is 0 Å². The van der Waals surface area contributed by atoms with E-state index in [4.69, 9.17) is 4.74 Å². The summed E-state index contributed by atoms with van der Waals surface area (Å²) in [4.78, 5) is 11.8. The van der Waals surface area contributed by atoms with E-state index in [0.29, 0.717) is 13.2 Å². The number of benzene rings is 1. The number of hydrogen-bond acceptors (Lipinski definition) is 3. The number of carbonyl (C=O) groups is 1. The van der Waals surface area contributed by atoms with Crippen molar-refractivity contribution in [3.63, 3.8) is 0 Å². The van der Waals surface area contributed by atoms with Crippen molar-refractivity contribution < 1.29 is 9.53 Å². The van der Waals surface area contributed by atoms with Crippen LogP contribution in [0.15, 0.2) is 24.3 Å². The molecule has 1 atom stereocenters. The summed E-state index contributed by atoms with van der Waals surface area (Å²) in [5, 5.41) is 6.16. The molecule has 19 heavy (non-hydrogen) atoms. The molecule has 0 radical (unpaired) electrons. The Kier molecular flexibility index (Phi) is 6.84. The van der Waals surface area contributed by atoms with E-state index in [2.05, 4.69) is 16.7 Å². The second kappa shape index (κ2) is 8.15. The Balaban J connectivity index is 0.00000180. The third kappa shape index (κ3) is 4.82. The van der Waals surface area contributed by atoms with Gasteiger partial charge in [0.05, 0.1) is 12.6 Å². The molecule has 1 heterocycles. The van der Waals surface area contributed by atoms with Gasteiger partial charge in [0.2, 0.25) is 5.91 Å². The summed E-state index contributed by atoms with van der Waals surface area (Å²) < 4.78 is 5.09. The number of hydrogen-bond donors (Lipinski definition) is 2. The van der Waals surface area contributed by atoms with Crippen molar-refractivity contribution in [3.05, 3.63) is 35.4 Å². The van der Waals surface area contributed by atoms with Crippen LogP contribution in [-0.4, -0.2) is 25.6 Å². The van der Waals surface area contributed by atoms with Crippen molar-refractivity contribution in [2.75, 3.05) is 13.7 Å². The van der Waals surface area contributed by atoms with Gasteiger partial charge in [-0.3, -0.25) is 4.79 Å². The number of carbonyl (C=O) groups excluding carboxylic acids is 1. The highest BCUT2D eigenvalue weighted by Gasteiger charge is 2.21. The second-order valence-corrected chi connectivity index (χ2v) is 4.62. The Morgan fingerprint density at radius 1 is 1.47 bits per heavy atom. The highest BCUT2D eigenvalue weighted by molar-refractivity contribution is 5.85. The van der Waals surface area contributed by atoms with E-state index in [1.165, 1.54) is 0 Å². The fraction of sp³-hybridized carbons (Fsp3) is 0.500. The summed E-state index contributed by atoms with van der Waals surface area (Å²) in [5.74, 6) is 0.102. The van der Waals surface area contributed by atoms with Crippen LogP contribution >= 0.6 is 12.4 Å². The monoisotopic (exact) mass is 284 g/mol. The lowest BCUT2D eigenvalue weighted by Crippen LogP contribution is -2.40. The Morgan fingerprint density at radius 2 is 2.26 bits per heavy atom. The first-order chi connectivity index (χ1) is 8.79. The number of ether oxygens (including phenoxy) is 1. The maximum atomic E-state index is 11.8. The van der Waals surface area contributed by atoms with Crippen LogP contribution in [0.4, 0.5) is 0 Å². The third-order valence-corrected chi connectivity index (χ3v) is 3.15. The van der Waals surface area contributed by atoms with E-state index >= 15 is 0 Å². The second-order valence-electron chi connectivity index (χ2n) is 4.62. The van der Waals surface area contributed by atoms with Gasteiger partial charge >= 0.3 is 0 Å². The topological polar surface area (TPSA) is 50.4 Å². The molecule has 1 aromatic carbocycles. The Bertz CT molecular complexity index is 406. The highest BCUT2D eigenvalue weighted by atomic mass is 35.5. The summed E-state index contributed by atoms with van der Waals surface area (Å²) in [6.45, 7) is 2.13. The molecule has 1 fully saturated rings. The van der Waals surface area contributed by atoms with E-state index in [-0.39, 0.29) is 24.4 Å². The smallest absolute Gasteiger partial charge is 0.237 e. The predicted octanol–water partition coefficient (Wildman–Crippen LogP) is 1.62. The standard InChI is InChI=1S/C14H20N2O2.ClH/c1-18-10-12-5-2-4-11(8-12)9-16-14(17)13-6-3-7-15-13;/h2,4-5,8,13,15H,3,6-7,9-10H2,1H3,(H,16,17);1H/t13-;/m0./s1. The van der Waals surface area contributed by atoms with Crippen LogP contribution in [-0.2, 0) is 22.7 Å².